The lowest BCUT2D eigenvalue weighted by molar-refractivity contribution is -0.161. The second kappa shape index (κ2) is 68.8. The smallest absolute Gasteiger partial charge is 0.462 e. The molecule has 0 spiro atoms. The Bertz CT molecular complexity index is 1860. The highest BCUT2D eigenvalue weighted by atomic mass is 31.2. The first-order valence-electron chi connectivity index (χ1n) is 40.0. The van der Waals surface area contributed by atoms with Crippen LogP contribution in [0.3, 0.4) is 0 Å². The predicted octanol–water partition coefficient (Wildman–Crippen LogP) is 22.7. The minimum absolute atomic E-state index is 0.105. The molecule has 0 radical (unpaired) electrons. The summed E-state index contributed by atoms with van der Waals surface area (Å²) in [5.41, 5.74) is 0. The lowest BCUT2D eigenvalue weighted by atomic mass is 9.99. The minimum atomic E-state index is -4.96. The molecule has 0 aromatic heterocycles. The molecule has 0 aliphatic rings. The summed E-state index contributed by atoms with van der Waals surface area (Å²) in [6.45, 7) is 9.62. The SMILES string of the molecule is CCCCCCCCCCCCCCCCCCC(=O)OC[C@H](COP(=O)(O)OC[C@@H](O)COP(=O)(O)OC[C@@H](COC(=O)CCCCCCCCCCC)OC(=O)CCCCCCCCCCC(C)CC)OC(=O)CCCCCCCCCCCCCCCCCCC(C)C. The summed E-state index contributed by atoms with van der Waals surface area (Å²) in [7, 11) is -9.91. The van der Waals surface area contributed by atoms with Gasteiger partial charge in [-0.1, -0.05) is 350 Å². The van der Waals surface area contributed by atoms with Crippen LogP contribution in [-0.2, 0) is 65.4 Å². The van der Waals surface area contributed by atoms with Gasteiger partial charge in [0.05, 0.1) is 26.4 Å². The van der Waals surface area contributed by atoms with Crippen molar-refractivity contribution in [3.63, 3.8) is 0 Å². The zero-order chi connectivity index (χ0) is 70.7. The van der Waals surface area contributed by atoms with E-state index in [9.17, 15) is 43.2 Å². The van der Waals surface area contributed by atoms with Crippen molar-refractivity contribution in [1.29, 1.82) is 0 Å². The largest absolute Gasteiger partial charge is 0.472 e. The summed E-state index contributed by atoms with van der Waals surface area (Å²) in [5.74, 6) is -0.537. The molecule has 0 aromatic rings. The molecule has 0 fully saturated rings. The third-order valence-electron chi connectivity index (χ3n) is 18.3. The molecule has 0 bridgehead atoms. The van der Waals surface area contributed by atoms with Gasteiger partial charge in [-0.15, -0.1) is 0 Å². The third kappa shape index (κ3) is 69.2. The van der Waals surface area contributed by atoms with Gasteiger partial charge in [0.25, 0.3) is 0 Å². The summed E-state index contributed by atoms with van der Waals surface area (Å²) in [6.07, 6.45) is 56.8. The van der Waals surface area contributed by atoms with E-state index in [0.717, 1.165) is 102 Å². The Balaban J connectivity index is 5.22. The Labute approximate surface area is 588 Å². The average molecular weight is 1410 g/mol. The van der Waals surface area contributed by atoms with Crippen molar-refractivity contribution in [2.45, 2.75) is 419 Å². The highest BCUT2D eigenvalue weighted by Crippen LogP contribution is 2.45. The number of carbonyl (C=O) groups excluding carboxylic acids is 4. The van der Waals surface area contributed by atoms with E-state index in [1.165, 1.54) is 218 Å². The molecule has 96 heavy (non-hydrogen) atoms. The van der Waals surface area contributed by atoms with E-state index in [2.05, 4.69) is 41.5 Å². The van der Waals surface area contributed by atoms with Gasteiger partial charge in [-0.25, -0.2) is 9.13 Å². The quantitative estimate of drug-likeness (QED) is 0.0222. The lowest BCUT2D eigenvalue weighted by Crippen LogP contribution is -2.30. The van der Waals surface area contributed by atoms with Crippen molar-refractivity contribution >= 4 is 39.5 Å². The van der Waals surface area contributed by atoms with Crippen LogP contribution in [-0.4, -0.2) is 96.7 Å². The number of phosphoric ester groups is 2. The maximum atomic E-state index is 13.1. The Morgan fingerprint density at radius 3 is 0.792 bits per heavy atom. The van der Waals surface area contributed by atoms with E-state index in [-0.39, 0.29) is 25.7 Å². The van der Waals surface area contributed by atoms with Crippen molar-refractivity contribution in [3.05, 3.63) is 0 Å². The molecule has 3 unspecified atom stereocenters. The Morgan fingerprint density at radius 2 is 0.531 bits per heavy atom. The Kier molecular flexibility index (Phi) is 67.4. The number of aliphatic hydroxyl groups excluding tert-OH is 1. The van der Waals surface area contributed by atoms with Crippen LogP contribution >= 0.6 is 15.6 Å². The van der Waals surface area contributed by atoms with Crippen LogP contribution < -0.4 is 0 Å². The maximum Gasteiger partial charge on any atom is 0.472 e. The van der Waals surface area contributed by atoms with Crippen LogP contribution in [0.5, 0.6) is 0 Å². The Hall–Kier alpha value is -1.94. The average Bonchev–Trinajstić information content (AvgIpc) is 2.38. The minimum Gasteiger partial charge on any atom is -0.462 e. The van der Waals surface area contributed by atoms with Gasteiger partial charge in [-0.3, -0.25) is 37.3 Å². The van der Waals surface area contributed by atoms with Crippen molar-refractivity contribution in [1.82, 2.24) is 0 Å². The third-order valence-corrected chi connectivity index (χ3v) is 20.2. The predicted molar refractivity (Wildman–Crippen MR) is 391 cm³/mol. The van der Waals surface area contributed by atoms with E-state index < -0.39 is 97.5 Å². The molecule has 0 aromatic carbocycles. The topological polar surface area (TPSA) is 237 Å². The highest BCUT2D eigenvalue weighted by molar-refractivity contribution is 7.47. The highest BCUT2D eigenvalue weighted by Gasteiger charge is 2.30. The van der Waals surface area contributed by atoms with Gasteiger partial charge < -0.3 is 33.8 Å². The molecule has 6 atom stereocenters. The number of carbonyl (C=O) groups is 4. The summed E-state index contributed by atoms with van der Waals surface area (Å²) in [5, 5.41) is 10.6. The van der Waals surface area contributed by atoms with Crippen LogP contribution in [0, 0.1) is 11.8 Å². The van der Waals surface area contributed by atoms with E-state index in [1.54, 1.807) is 0 Å². The number of hydrogen-bond acceptors (Lipinski definition) is 15. The molecule has 0 aliphatic heterocycles. The van der Waals surface area contributed by atoms with Crippen LogP contribution in [0.1, 0.15) is 401 Å². The summed E-state index contributed by atoms with van der Waals surface area (Å²) >= 11 is 0. The van der Waals surface area contributed by atoms with Crippen molar-refractivity contribution < 1.29 is 80.2 Å². The van der Waals surface area contributed by atoms with E-state index in [0.29, 0.717) is 25.7 Å². The van der Waals surface area contributed by atoms with Crippen LogP contribution in [0.25, 0.3) is 0 Å². The fraction of sp³-hybridized carbons (Fsp3) is 0.948. The molecular weight excluding hydrogens is 1260 g/mol. The van der Waals surface area contributed by atoms with Crippen LogP contribution in [0.15, 0.2) is 0 Å². The fourth-order valence-corrected chi connectivity index (χ4v) is 13.4. The van der Waals surface area contributed by atoms with Crippen molar-refractivity contribution in [3.8, 4) is 0 Å². The number of esters is 4. The molecule has 0 saturated heterocycles. The van der Waals surface area contributed by atoms with Gasteiger partial charge in [0.2, 0.25) is 0 Å². The van der Waals surface area contributed by atoms with E-state index >= 15 is 0 Å². The molecule has 17 nitrogen and oxygen atoms in total. The molecule has 0 heterocycles. The number of phosphoric acid groups is 2. The summed E-state index contributed by atoms with van der Waals surface area (Å²) < 4.78 is 68.5. The first-order chi connectivity index (χ1) is 46.4. The van der Waals surface area contributed by atoms with E-state index in [1.807, 2.05) is 0 Å². The molecule has 3 N–H and O–H groups in total. The summed E-state index contributed by atoms with van der Waals surface area (Å²) in [6, 6.07) is 0. The Morgan fingerprint density at radius 1 is 0.302 bits per heavy atom. The molecular formula is C77H150O17P2. The standard InChI is InChI=1S/C77H150O17P2/c1-7-10-12-14-16-18-19-20-21-25-28-31-35-42-48-54-60-75(80)88-66-72(93-76(81)61-55-49-43-36-32-29-26-23-22-24-27-30-34-39-45-51-57-69(4)5)67-91-95(83,84)89-63-71(78)64-90-96(85,86)92-68-73(65-87-74(79)59-53-47-41-33-17-15-13-11-8-2)94-77(82)62-56-50-44-38-37-40-46-52-58-70(6)9-3/h69-73,78H,7-68H2,1-6H3,(H,83,84)(H,85,86)/t70?,71-,72-,73-/m1/s1. The van der Waals surface area contributed by atoms with Crippen molar-refractivity contribution in [2.75, 3.05) is 39.6 Å². The molecule has 0 rings (SSSR count). The van der Waals surface area contributed by atoms with Crippen molar-refractivity contribution in [2.24, 2.45) is 11.8 Å². The maximum absolute atomic E-state index is 13.1. The molecule has 0 saturated carbocycles. The second-order valence-corrected chi connectivity index (χ2v) is 31.4. The van der Waals surface area contributed by atoms with Gasteiger partial charge in [0.1, 0.15) is 19.3 Å². The number of aliphatic hydroxyl groups is 1. The van der Waals surface area contributed by atoms with Crippen LogP contribution in [0.4, 0.5) is 0 Å². The summed E-state index contributed by atoms with van der Waals surface area (Å²) in [4.78, 5) is 72.8. The molecule has 19 heteroatoms. The van der Waals surface area contributed by atoms with Gasteiger partial charge in [-0.2, -0.15) is 0 Å². The second-order valence-electron chi connectivity index (χ2n) is 28.5. The molecule has 570 valence electrons. The number of hydrogen-bond donors (Lipinski definition) is 3. The van der Waals surface area contributed by atoms with Gasteiger partial charge in [0, 0.05) is 25.7 Å². The number of unbranched alkanes of at least 4 members (excludes halogenated alkanes) is 45. The fourth-order valence-electron chi connectivity index (χ4n) is 11.8. The van der Waals surface area contributed by atoms with E-state index in [4.69, 9.17) is 37.0 Å². The van der Waals surface area contributed by atoms with Gasteiger partial charge in [-0.05, 0) is 37.5 Å². The van der Waals surface area contributed by atoms with Crippen LogP contribution in [0.2, 0.25) is 0 Å². The first-order valence-corrected chi connectivity index (χ1v) is 43.0. The zero-order valence-electron chi connectivity index (χ0n) is 62.7. The molecule has 0 aliphatic carbocycles. The molecule has 0 amide bonds. The first kappa shape index (κ1) is 94.1. The zero-order valence-corrected chi connectivity index (χ0v) is 64.5. The van der Waals surface area contributed by atoms with Gasteiger partial charge >= 0.3 is 39.5 Å². The lowest BCUT2D eigenvalue weighted by Gasteiger charge is -2.21. The normalized spacial score (nSPS) is 14.3. The number of ether oxygens (including phenoxy) is 4. The monoisotopic (exact) mass is 1410 g/mol. The number of rotatable bonds is 76. The van der Waals surface area contributed by atoms with Gasteiger partial charge in [0.15, 0.2) is 12.2 Å².